The normalized spacial score (nSPS) is 17.3. The molecule has 146 valence electrons. The van der Waals surface area contributed by atoms with Crippen LogP contribution in [0.25, 0.3) is 0 Å². The van der Waals surface area contributed by atoms with Gasteiger partial charge in [-0.05, 0) is 44.2 Å². The average molecular weight is 473 g/mol. The van der Waals surface area contributed by atoms with E-state index in [2.05, 4.69) is 34.6 Å². The van der Waals surface area contributed by atoms with Gasteiger partial charge in [-0.25, -0.2) is 0 Å². The van der Waals surface area contributed by atoms with Gasteiger partial charge in [0, 0.05) is 44.8 Å². The number of primary amides is 1. The van der Waals surface area contributed by atoms with Gasteiger partial charge in [0.05, 0.1) is 0 Å². The Bertz CT molecular complexity index is 552. The molecule has 1 saturated heterocycles. The summed E-state index contributed by atoms with van der Waals surface area (Å²) in [5, 5.41) is 6.78. The molecule has 4 N–H and O–H groups in total. The van der Waals surface area contributed by atoms with Crippen molar-refractivity contribution in [2.24, 2.45) is 16.6 Å². The van der Waals surface area contributed by atoms with E-state index in [1.165, 1.54) is 0 Å². The smallest absolute Gasteiger partial charge is 0.217 e. The molecule has 0 aliphatic carbocycles. The lowest BCUT2D eigenvalue weighted by molar-refractivity contribution is -0.119. The highest BCUT2D eigenvalue weighted by molar-refractivity contribution is 14.0. The van der Waals surface area contributed by atoms with Gasteiger partial charge < -0.3 is 21.3 Å². The number of guanidine groups is 1. The van der Waals surface area contributed by atoms with Crippen LogP contribution in [0.1, 0.15) is 32.6 Å². The van der Waals surface area contributed by atoms with Crippen LogP contribution in [0.2, 0.25) is 0 Å². The number of rotatable bonds is 8. The third-order valence-electron chi connectivity index (χ3n) is 4.34. The number of amides is 1. The second-order valence-corrected chi connectivity index (χ2v) is 6.51. The standard InChI is InChI=1S/C19H31N5O.HI/c1-2-21-19(24-13-6-8-16(15-24)14-18(20)25)23-12-7-11-22-17-9-4-3-5-10-17;/h3-5,9-10,16,22H,2,6-8,11-15H2,1H3,(H2,20,25)(H,21,23);1H. The highest BCUT2D eigenvalue weighted by Gasteiger charge is 2.23. The Morgan fingerprint density at radius 3 is 2.81 bits per heavy atom. The lowest BCUT2D eigenvalue weighted by Crippen LogP contribution is -2.47. The van der Waals surface area contributed by atoms with Crippen molar-refractivity contribution < 1.29 is 4.79 Å². The summed E-state index contributed by atoms with van der Waals surface area (Å²) in [7, 11) is 0. The van der Waals surface area contributed by atoms with E-state index in [4.69, 9.17) is 10.7 Å². The molecule has 1 heterocycles. The minimum atomic E-state index is -0.208. The van der Waals surface area contributed by atoms with Gasteiger partial charge in [0.25, 0.3) is 0 Å². The zero-order chi connectivity index (χ0) is 17.9. The van der Waals surface area contributed by atoms with E-state index in [-0.39, 0.29) is 29.9 Å². The number of nitrogens with one attached hydrogen (secondary N) is 2. The van der Waals surface area contributed by atoms with Crippen LogP contribution in [0.5, 0.6) is 0 Å². The molecule has 1 aliphatic heterocycles. The van der Waals surface area contributed by atoms with Crippen molar-refractivity contribution in [3.05, 3.63) is 30.3 Å². The number of benzene rings is 1. The zero-order valence-electron chi connectivity index (χ0n) is 15.6. The van der Waals surface area contributed by atoms with E-state index in [9.17, 15) is 4.79 Å². The maximum absolute atomic E-state index is 11.2. The predicted molar refractivity (Wildman–Crippen MR) is 119 cm³/mol. The second kappa shape index (κ2) is 12.8. The molecule has 26 heavy (non-hydrogen) atoms. The number of hydrogen-bond acceptors (Lipinski definition) is 3. The first kappa shape index (κ1) is 22.5. The molecule has 1 aromatic rings. The Kier molecular flexibility index (Phi) is 11.1. The van der Waals surface area contributed by atoms with E-state index in [0.29, 0.717) is 12.3 Å². The third-order valence-corrected chi connectivity index (χ3v) is 4.34. The summed E-state index contributed by atoms with van der Waals surface area (Å²) in [6.45, 7) is 6.45. The molecule has 0 aromatic heterocycles. The fourth-order valence-corrected chi connectivity index (χ4v) is 3.19. The van der Waals surface area contributed by atoms with Gasteiger partial charge in [-0.15, -0.1) is 24.0 Å². The number of halogens is 1. The molecule has 0 saturated carbocycles. The van der Waals surface area contributed by atoms with Crippen molar-refractivity contribution in [2.75, 3.05) is 38.0 Å². The van der Waals surface area contributed by atoms with E-state index in [1.54, 1.807) is 0 Å². The Morgan fingerprint density at radius 1 is 1.35 bits per heavy atom. The monoisotopic (exact) mass is 473 g/mol. The number of nitrogens with two attached hydrogens (primary N) is 1. The first-order valence-corrected chi connectivity index (χ1v) is 9.29. The van der Waals surface area contributed by atoms with Crippen LogP contribution in [-0.2, 0) is 4.79 Å². The summed E-state index contributed by atoms with van der Waals surface area (Å²) in [4.78, 5) is 18.2. The second-order valence-electron chi connectivity index (χ2n) is 6.51. The maximum Gasteiger partial charge on any atom is 0.217 e. The van der Waals surface area contributed by atoms with Crippen LogP contribution in [0.4, 0.5) is 5.69 Å². The number of carbonyl (C=O) groups is 1. The highest BCUT2D eigenvalue weighted by Crippen LogP contribution is 2.19. The molecule has 0 radical (unpaired) electrons. The fraction of sp³-hybridized carbons (Fsp3) is 0.579. The molecule has 1 aromatic carbocycles. The van der Waals surface area contributed by atoms with Crippen molar-refractivity contribution in [1.82, 2.24) is 10.2 Å². The van der Waals surface area contributed by atoms with Crippen LogP contribution < -0.4 is 16.4 Å². The fourth-order valence-electron chi connectivity index (χ4n) is 3.19. The maximum atomic E-state index is 11.2. The minimum Gasteiger partial charge on any atom is -0.385 e. The van der Waals surface area contributed by atoms with E-state index in [0.717, 1.165) is 63.6 Å². The van der Waals surface area contributed by atoms with E-state index in [1.807, 2.05) is 18.2 Å². The van der Waals surface area contributed by atoms with Gasteiger partial charge in [0.15, 0.2) is 5.96 Å². The molecule has 1 aliphatic rings. The summed E-state index contributed by atoms with van der Waals surface area (Å²) in [5.74, 6) is 1.09. The van der Waals surface area contributed by atoms with Crippen LogP contribution in [-0.4, -0.2) is 49.5 Å². The molecule has 1 unspecified atom stereocenters. The van der Waals surface area contributed by atoms with Crippen LogP contribution in [0.3, 0.4) is 0 Å². The molecule has 1 amide bonds. The SMILES string of the molecule is CCNC(=NCCCNc1ccccc1)N1CCCC(CC(N)=O)C1.I. The summed E-state index contributed by atoms with van der Waals surface area (Å²) in [6.07, 6.45) is 3.59. The number of para-hydroxylation sites is 1. The Hall–Kier alpha value is -1.51. The molecule has 1 fully saturated rings. The van der Waals surface area contributed by atoms with E-state index >= 15 is 0 Å². The molecule has 7 heteroatoms. The number of anilines is 1. The van der Waals surface area contributed by atoms with Crippen LogP contribution >= 0.6 is 24.0 Å². The summed E-state index contributed by atoms with van der Waals surface area (Å²) < 4.78 is 0. The molecular formula is C19H32IN5O. The molecule has 6 nitrogen and oxygen atoms in total. The van der Waals surface area contributed by atoms with Crippen molar-refractivity contribution in [3.63, 3.8) is 0 Å². The van der Waals surface area contributed by atoms with Gasteiger partial charge in [-0.1, -0.05) is 18.2 Å². The average Bonchev–Trinajstić information content (AvgIpc) is 2.61. The minimum absolute atomic E-state index is 0. The van der Waals surface area contributed by atoms with Gasteiger partial charge in [-0.3, -0.25) is 9.79 Å². The van der Waals surface area contributed by atoms with Crippen molar-refractivity contribution >= 4 is 41.5 Å². The van der Waals surface area contributed by atoms with E-state index < -0.39 is 0 Å². The number of aliphatic imine (C=N–C) groups is 1. The zero-order valence-corrected chi connectivity index (χ0v) is 17.9. The highest BCUT2D eigenvalue weighted by atomic mass is 127. The number of piperidine rings is 1. The first-order valence-electron chi connectivity index (χ1n) is 9.29. The van der Waals surface area contributed by atoms with Gasteiger partial charge in [-0.2, -0.15) is 0 Å². The van der Waals surface area contributed by atoms with Crippen LogP contribution in [0.15, 0.2) is 35.3 Å². The lowest BCUT2D eigenvalue weighted by atomic mass is 9.95. The Balaban J connectivity index is 0.00000338. The number of nitrogens with zero attached hydrogens (tertiary/aromatic N) is 2. The molecule has 0 spiro atoms. The van der Waals surface area contributed by atoms with Gasteiger partial charge >= 0.3 is 0 Å². The van der Waals surface area contributed by atoms with Crippen molar-refractivity contribution in [3.8, 4) is 0 Å². The largest absolute Gasteiger partial charge is 0.385 e. The number of hydrogen-bond donors (Lipinski definition) is 3. The summed E-state index contributed by atoms with van der Waals surface area (Å²) >= 11 is 0. The third kappa shape index (κ3) is 8.25. The van der Waals surface area contributed by atoms with Gasteiger partial charge in [0.2, 0.25) is 5.91 Å². The molecule has 0 bridgehead atoms. The topological polar surface area (TPSA) is 82.8 Å². The number of carbonyl (C=O) groups excluding carboxylic acids is 1. The number of likely N-dealkylation sites (tertiary alicyclic amines) is 1. The summed E-state index contributed by atoms with van der Waals surface area (Å²) in [5.41, 5.74) is 6.50. The molecule has 2 rings (SSSR count). The predicted octanol–water partition coefficient (Wildman–Crippen LogP) is 2.66. The quantitative estimate of drug-likeness (QED) is 0.235. The van der Waals surface area contributed by atoms with Crippen molar-refractivity contribution in [1.29, 1.82) is 0 Å². The molecular weight excluding hydrogens is 441 g/mol. The Labute approximate surface area is 174 Å². The Morgan fingerprint density at radius 2 is 2.12 bits per heavy atom. The first-order chi connectivity index (χ1) is 12.2. The van der Waals surface area contributed by atoms with Crippen molar-refractivity contribution in [2.45, 2.75) is 32.6 Å². The molecule has 1 atom stereocenters. The van der Waals surface area contributed by atoms with Crippen LogP contribution in [0, 0.1) is 5.92 Å². The van der Waals surface area contributed by atoms with Gasteiger partial charge in [0.1, 0.15) is 0 Å². The lowest BCUT2D eigenvalue weighted by Gasteiger charge is -2.34. The summed E-state index contributed by atoms with van der Waals surface area (Å²) in [6, 6.07) is 10.2.